The first-order chi connectivity index (χ1) is 7.52. The minimum absolute atomic E-state index is 0.0124. The maximum atomic E-state index is 11.4. The molecule has 0 aliphatic rings. The highest BCUT2D eigenvalue weighted by molar-refractivity contribution is 5.83. The van der Waals surface area contributed by atoms with Crippen LogP contribution in [0.4, 0.5) is 5.82 Å². The van der Waals surface area contributed by atoms with Crippen LogP contribution in [0.5, 0.6) is 0 Å². The summed E-state index contributed by atoms with van der Waals surface area (Å²) in [5.74, 6) is -0.483. The highest BCUT2D eigenvalue weighted by Gasteiger charge is 2.15. The highest BCUT2D eigenvalue weighted by atomic mass is 16.5. The van der Waals surface area contributed by atoms with Crippen molar-refractivity contribution in [3.05, 3.63) is 12.3 Å². The third-order valence-electron chi connectivity index (χ3n) is 1.90. The molecule has 0 aliphatic carbocycles. The number of nitrogens with zero attached hydrogens (tertiary/aromatic N) is 2. The summed E-state index contributed by atoms with van der Waals surface area (Å²) in [6.45, 7) is 1.56. The molecule has 7 nitrogen and oxygen atoms in total. The highest BCUT2D eigenvalue weighted by Crippen LogP contribution is 1.95. The van der Waals surface area contributed by atoms with E-state index in [9.17, 15) is 9.59 Å². The van der Waals surface area contributed by atoms with Crippen molar-refractivity contribution in [2.24, 2.45) is 0 Å². The van der Waals surface area contributed by atoms with Crippen LogP contribution in [0.3, 0.4) is 0 Å². The van der Waals surface area contributed by atoms with Crippen molar-refractivity contribution < 1.29 is 14.3 Å². The number of carbonyl (C=O) groups excluding carboxylic acids is 2. The summed E-state index contributed by atoms with van der Waals surface area (Å²) >= 11 is 0. The lowest BCUT2D eigenvalue weighted by Gasteiger charge is -2.11. The SMILES string of the molecule is COC(=O)C(C)NC(=O)Cn1ccc(N)n1. The Morgan fingerprint density at radius 1 is 1.69 bits per heavy atom. The summed E-state index contributed by atoms with van der Waals surface area (Å²) in [4.78, 5) is 22.5. The van der Waals surface area contributed by atoms with Crippen molar-refractivity contribution >= 4 is 17.7 Å². The molecular formula is C9H14N4O3. The van der Waals surface area contributed by atoms with E-state index in [0.717, 1.165) is 0 Å². The number of rotatable bonds is 4. The van der Waals surface area contributed by atoms with Crippen LogP contribution in [0.15, 0.2) is 12.3 Å². The zero-order chi connectivity index (χ0) is 12.1. The Morgan fingerprint density at radius 3 is 2.88 bits per heavy atom. The summed E-state index contributed by atoms with van der Waals surface area (Å²) in [6, 6.07) is 0.905. The maximum Gasteiger partial charge on any atom is 0.328 e. The molecule has 7 heteroatoms. The number of aromatic nitrogens is 2. The predicted molar refractivity (Wildman–Crippen MR) is 56.3 cm³/mol. The Hall–Kier alpha value is -2.05. The molecular weight excluding hydrogens is 212 g/mol. The molecule has 0 spiro atoms. The number of esters is 1. The second-order valence-corrected chi connectivity index (χ2v) is 3.25. The predicted octanol–water partition coefficient (Wildman–Crippen LogP) is -0.857. The van der Waals surface area contributed by atoms with Crippen molar-refractivity contribution in [3.63, 3.8) is 0 Å². The zero-order valence-electron chi connectivity index (χ0n) is 9.14. The smallest absolute Gasteiger partial charge is 0.328 e. The lowest BCUT2D eigenvalue weighted by molar-refractivity contribution is -0.144. The third-order valence-corrected chi connectivity index (χ3v) is 1.90. The molecule has 0 aliphatic heterocycles. The van der Waals surface area contributed by atoms with Crippen LogP contribution in [-0.2, 0) is 20.9 Å². The maximum absolute atomic E-state index is 11.4. The molecule has 1 aromatic rings. The molecule has 1 amide bonds. The molecule has 1 rings (SSSR count). The molecule has 0 aromatic carbocycles. The fourth-order valence-electron chi connectivity index (χ4n) is 1.14. The summed E-state index contributed by atoms with van der Waals surface area (Å²) in [7, 11) is 1.26. The Morgan fingerprint density at radius 2 is 2.38 bits per heavy atom. The van der Waals surface area contributed by atoms with Gasteiger partial charge in [0.2, 0.25) is 5.91 Å². The zero-order valence-corrected chi connectivity index (χ0v) is 9.14. The number of nitrogen functional groups attached to an aromatic ring is 1. The molecule has 1 unspecified atom stereocenters. The van der Waals surface area contributed by atoms with Crippen LogP contribution in [0.2, 0.25) is 0 Å². The average molecular weight is 226 g/mol. The monoisotopic (exact) mass is 226 g/mol. The van der Waals surface area contributed by atoms with Crippen LogP contribution in [0, 0.1) is 0 Å². The van der Waals surface area contributed by atoms with Gasteiger partial charge in [0.1, 0.15) is 18.4 Å². The van der Waals surface area contributed by atoms with Crippen molar-refractivity contribution in [2.75, 3.05) is 12.8 Å². The van der Waals surface area contributed by atoms with Crippen LogP contribution >= 0.6 is 0 Å². The summed E-state index contributed by atoms with van der Waals surface area (Å²) in [5.41, 5.74) is 5.39. The fraction of sp³-hybridized carbons (Fsp3) is 0.444. The molecule has 0 radical (unpaired) electrons. The second-order valence-electron chi connectivity index (χ2n) is 3.25. The molecule has 88 valence electrons. The average Bonchev–Trinajstić information content (AvgIpc) is 2.62. The molecule has 1 aromatic heterocycles. The van der Waals surface area contributed by atoms with Crippen molar-refractivity contribution in [1.82, 2.24) is 15.1 Å². The van der Waals surface area contributed by atoms with Gasteiger partial charge in [0.25, 0.3) is 0 Å². The Balaban J connectivity index is 2.45. The number of hydrogen-bond acceptors (Lipinski definition) is 5. The van der Waals surface area contributed by atoms with Gasteiger partial charge < -0.3 is 15.8 Å². The van der Waals surface area contributed by atoms with Gasteiger partial charge in [0, 0.05) is 6.20 Å². The molecule has 0 saturated carbocycles. The third kappa shape index (κ3) is 3.26. The summed E-state index contributed by atoms with van der Waals surface area (Å²) < 4.78 is 5.85. The standard InChI is InChI=1S/C9H14N4O3/c1-6(9(15)16-2)11-8(14)5-13-4-3-7(10)12-13/h3-4,6H,5H2,1-2H3,(H2,10,12)(H,11,14). The van der Waals surface area contributed by atoms with E-state index in [-0.39, 0.29) is 12.5 Å². The van der Waals surface area contributed by atoms with Crippen molar-refractivity contribution in [3.8, 4) is 0 Å². The quantitative estimate of drug-likeness (QED) is 0.651. The number of ether oxygens (including phenoxy) is 1. The van der Waals surface area contributed by atoms with E-state index in [1.54, 1.807) is 19.2 Å². The lowest BCUT2D eigenvalue weighted by atomic mass is 10.3. The van der Waals surface area contributed by atoms with Gasteiger partial charge in [0.15, 0.2) is 0 Å². The Bertz CT molecular complexity index is 388. The van der Waals surface area contributed by atoms with E-state index in [4.69, 9.17) is 5.73 Å². The fourth-order valence-corrected chi connectivity index (χ4v) is 1.14. The van der Waals surface area contributed by atoms with E-state index in [1.165, 1.54) is 11.8 Å². The van der Waals surface area contributed by atoms with Gasteiger partial charge in [-0.05, 0) is 13.0 Å². The largest absolute Gasteiger partial charge is 0.467 e. The van der Waals surface area contributed by atoms with E-state index in [1.807, 2.05) is 0 Å². The van der Waals surface area contributed by atoms with Crippen molar-refractivity contribution in [2.45, 2.75) is 19.5 Å². The number of amides is 1. The van der Waals surface area contributed by atoms with Gasteiger partial charge in [-0.25, -0.2) is 4.79 Å². The molecule has 0 saturated heterocycles. The number of nitrogens with one attached hydrogen (secondary N) is 1. The first-order valence-electron chi connectivity index (χ1n) is 4.69. The molecule has 0 fully saturated rings. The van der Waals surface area contributed by atoms with Crippen molar-refractivity contribution in [1.29, 1.82) is 0 Å². The minimum atomic E-state index is -0.676. The van der Waals surface area contributed by atoms with Gasteiger partial charge in [-0.3, -0.25) is 9.48 Å². The first kappa shape index (κ1) is 12.0. The molecule has 0 bridgehead atoms. The van der Waals surface area contributed by atoms with Crippen LogP contribution in [0.1, 0.15) is 6.92 Å². The van der Waals surface area contributed by atoms with Gasteiger partial charge in [-0.15, -0.1) is 0 Å². The molecule has 16 heavy (non-hydrogen) atoms. The number of nitrogens with two attached hydrogens (primary N) is 1. The van der Waals surface area contributed by atoms with Gasteiger partial charge >= 0.3 is 5.97 Å². The number of anilines is 1. The Labute approximate surface area is 92.6 Å². The number of methoxy groups -OCH3 is 1. The van der Waals surface area contributed by atoms with E-state index >= 15 is 0 Å². The van der Waals surface area contributed by atoms with Gasteiger partial charge in [-0.2, -0.15) is 5.10 Å². The van der Waals surface area contributed by atoms with Gasteiger partial charge in [0.05, 0.1) is 7.11 Å². The normalized spacial score (nSPS) is 11.9. The lowest BCUT2D eigenvalue weighted by Crippen LogP contribution is -2.40. The minimum Gasteiger partial charge on any atom is -0.467 e. The van der Waals surface area contributed by atoms with Gasteiger partial charge in [-0.1, -0.05) is 0 Å². The summed E-state index contributed by atoms with van der Waals surface area (Å²) in [6.07, 6.45) is 1.58. The first-order valence-corrected chi connectivity index (χ1v) is 4.69. The summed E-state index contributed by atoms with van der Waals surface area (Å²) in [5, 5.41) is 6.31. The number of carbonyl (C=O) groups is 2. The molecule has 1 atom stereocenters. The Kier molecular flexibility index (Phi) is 3.87. The topological polar surface area (TPSA) is 99.2 Å². The molecule has 1 heterocycles. The second kappa shape index (κ2) is 5.15. The van der Waals surface area contributed by atoms with E-state index in [2.05, 4.69) is 15.2 Å². The molecule has 3 N–H and O–H groups in total. The van der Waals surface area contributed by atoms with Crippen LogP contribution < -0.4 is 11.1 Å². The van der Waals surface area contributed by atoms with Crippen LogP contribution in [-0.4, -0.2) is 34.8 Å². The van der Waals surface area contributed by atoms with E-state index < -0.39 is 12.0 Å². The number of hydrogen-bond donors (Lipinski definition) is 2. The van der Waals surface area contributed by atoms with E-state index in [0.29, 0.717) is 5.82 Å². The van der Waals surface area contributed by atoms with Crippen LogP contribution in [0.25, 0.3) is 0 Å².